The molecule has 1 aliphatic carbocycles. The molecule has 6 nitrogen and oxygen atoms in total. The summed E-state index contributed by atoms with van der Waals surface area (Å²) < 4.78 is 11.0. The van der Waals surface area contributed by atoms with Crippen molar-refractivity contribution in [2.45, 2.75) is 31.6 Å². The number of ether oxygens (including phenoxy) is 1. The van der Waals surface area contributed by atoms with Gasteiger partial charge in [0.05, 0.1) is 7.11 Å². The number of hydrogen-bond donors (Lipinski definition) is 1. The molecule has 0 spiro atoms. The molecule has 0 aliphatic heterocycles. The van der Waals surface area contributed by atoms with Gasteiger partial charge in [0.1, 0.15) is 11.7 Å². The van der Waals surface area contributed by atoms with Gasteiger partial charge in [-0.3, -0.25) is 4.79 Å². The van der Waals surface area contributed by atoms with Crippen molar-refractivity contribution < 1.29 is 14.1 Å². The van der Waals surface area contributed by atoms with Crippen molar-refractivity contribution in [3.05, 3.63) is 76.0 Å². The number of aryl methyl sites for hydroxylation is 1. The van der Waals surface area contributed by atoms with Gasteiger partial charge in [-0.1, -0.05) is 16.8 Å². The van der Waals surface area contributed by atoms with Crippen LogP contribution in [-0.4, -0.2) is 28.0 Å². The third kappa shape index (κ3) is 3.27. The smallest absolute Gasteiger partial charge is 0.242 e. The summed E-state index contributed by atoms with van der Waals surface area (Å²) in [5, 5.41) is 5.62. The Morgan fingerprint density at radius 3 is 2.70 bits per heavy atom. The first kappa shape index (κ1) is 18.9. The van der Waals surface area contributed by atoms with Crippen LogP contribution >= 0.6 is 11.6 Å². The number of aromatic nitrogens is 3. The van der Waals surface area contributed by atoms with Gasteiger partial charge in [0, 0.05) is 38.7 Å². The average molecular weight is 422 g/mol. The van der Waals surface area contributed by atoms with Gasteiger partial charge in [-0.15, -0.1) is 0 Å². The van der Waals surface area contributed by atoms with E-state index in [0.29, 0.717) is 34.0 Å². The van der Waals surface area contributed by atoms with E-state index in [0.717, 1.165) is 35.0 Å². The summed E-state index contributed by atoms with van der Waals surface area (Å²) in [5.74, 6) is 1.18. The number of carbonyl (C=O) groups is 1. The Kier molecular flexibility index (Phi) is 4.59. The van der Waals surface area contributed by atoms with Crippen LogP contribution in [-0.2, 0) is 0 Å². The molecule has 152 valence electrons. The normalized spacial score (nSPS) is 14.8. The Balaban J connectivity index is 1.69. The van der Waals surface area contributed by atoms with Crippen molar-refractivity contribution in [1.29, 1.82) is 0 Å². The number of aromatic amines is 1. The zero-order valence-electron chi connectivity index (χ0n) is 16.6. The summed E-state index contributed by atoms with van der Waals surface area (Å²) in [4.78, 5) is 21.7. The molecular formula is C23H20ClN3O3. The molecule has 2 heterocycles. The number of rotatable bonds is 6. The number of H-pyrrole nitrogens is 1. The maximum atomic E-state index is 13.7. The summed E-state index contributed by atoms with van der Waals surface area (Å²) >= 11 is 6.02. The number of nitrogens with one attached hydrogen (secondary N) is 1. The van der Waals surface area contributed by atoms with Crippen molar-refractivity contribution in [3.63, 3.8) is 0 Å². The Hall–Kier alpha value is -3.12. The van der Waals surface area contributed by atoms with Crippen LogP contribution in [0.1, 0.15) is 58.0 Å². The van der Waals surface area contributed by atoms with Crippen molar-refractivity contribution in [3.8, 4) is 5.75 Å². The summed E-state index contributed by atoms with van der Waals surface area (Å²) in [6, 6.07) is 12.6. The van der Waals surface area contributed by atoms with Crippen LogP contribution in [0.4, 0.5) is 0 Å². The number of benzene rings is 2. The molecule has 0 radical (unpaired) electrons. The highest BCUT2D eigenvalue weighted by atomic mass is 35.5. The Bertz CT molecular complexity index is 1240. The highest BCUT2D eigenvalue weighted by Gasteiger charge is 2.36. The highest BCUT2D eigenvalue weighted by Crippen LogP contribution is 2.41. The van der Waals surface area contributed by atoms with Crippen molar-refractivity contribution in [2.24, 2.45) is 0 Å². The number of carbonyl (C=O) groups excluding carboxylic acids is 1. The molecule has 0 saturated heterocycles. The van der Waals surface area contributed by atoms with Crippen LogP contribution in [0.3, 0.4) is 0 Å². The van der Waals surface area contributed by atoms with E-state index in [4.69, 9.17) is 20.9 Å². The van der Waals surface area contributed by atoms with Crippen LogP contribution in [0.25, 0.3) is 10.9 Å². The van der Waals surface area contributed by atoms with Gasteiger partial charge < -0.3 is 14.2 Å². The number of ketones is 1. The van der Waals surface area contributed by atoms with Crippen LogP contribution in [0.2, 0.25) is 5.02 Å². The first-order chi connectivity index (χ1) is 14.5. The maximum Gasteiger partial charge on any atom is 0.242 e. The van der Waals surface area contributed by atoms with E-state index in [1.54, 1.807) is 31.4 Å². The lowest BCUT2D eigenvalue weighted by atomic mass is 9.88. The van der Waals surface area contributed by atoms with Crippen molar-refractivity contribution in [2.75, 3.05) is 7.11 Å². The Morgan fingerprint density at radius 1 is 1.23 bits per heavy atom. The molecule has 0 bridgehead atoms. The fourth-order valence-electron chi connectivity index (χ4n) is 3.84. The average Bonchev–Trinajstić information content (AvgIpc) is 3.41. The monoisotopic (exact) mass is 421 g/mol. The van der Waals surface area contributed by atoms with E-state index >= 15 is 0 Å². The van der Waals surface area contributed by atoms with E-state index in [2.05, 4.69) is 15.1 Å². The molecule has 5 rings (SSSR count). The topological polar surface area (TPSA) is 81.0 Å². The summed E-state index contributed by atoms with van der Waals surface area (Å²) in [6.45, 7) is 1.95. The molecule has 1 atom stereocenters. The molecule has 2 aromatic carbocycles. The maximum absolute atomic E-state index is 13.7. The molecule has 1 fully saturated rings. The second-order valence-corrected chi connectivity index (χ2v) is 8.08. The second kappa shape index (κ2) is 7.29. The number of methoxy groups -OCH3 is 1. The number of Topliss-reactive ketones (excluding diaryl/α,β-unsaturated/α-hetero) is 1. The minimum Gasteiger partial charge on any atom is -0.497 e. The molecule has 0 amide bonds. The van der Waals surface area contributed by atoms with Crippen LogP contribution in [0.5, 0.6) is 5.75 Å². The first-order valence-electron chi connectivity index (χ1n) is 9.84. The number of hydrogen-bond acceptors (Lipinski definition) is 5. The van der Waals surface area contributed by atoms with Crippen LogP contribution in [0.15, 0.2) is 47.0 Å². The summed E-state index contributed by atoms with van der Waals surface area (Å²) in [7, 11) is 1.62. The van der Waals surface area contributed by atoms with E-state index in [1.165, 1.54) is 0 Å². The zero-order chi connectivity index (χ0) is 20.8. The minimum absolute atomic E-state index is 0.121. The molecule has 2 aromatic heterocycles. The lowest BCUT2D eigenvalue weighted by Crippen LogP contribution is -2.16. The van der Waals surface area contributed by atoms with Crippen LogP contribution < -0.4 is 4.74 Å². The zero-order valence-corrected chi connectivity index (χ0v) is 17.4. The van der Waals surface area contributed by atoms with E-state index in [-0.39, 0.29) is 5.78 Å². The molecule has 30 heavy (non-hydrogen) atoms. The third-order valence-corrected chi connectivity index (χ3v) is 5.82. The predicted octanol–water partition coefficient (Wildman–Crippen LogP) is 5.41. The third-order valence-electron chi connectivity index (χ3n) is 5.57. The Morgan fingerprint density at radius 2 is 2.00 bits per heavy atom. The molecular weight excluding hydrogens is 402 g/mol. The fraction of sp³-hybridized carbons (Fsp3) is 0.261. The first-order valence-corrected chi connectivity index (χ1v) is 10.2. The number of halogens is 1. The fourth-order valence-corrected chi connectivity index (χ4v) is 3.97. The largest absolute Gasteiger partial charge is 0.497 e. The van der Waals surface area contributed by atoms with Crippen molar-refractivity contribution >= 4 is 28.3 Å². The SMILES string of the molecule is COc1ccc2[nH]c(C)c(C(C(=O)c3ccc(Cl)cc3)c3nc(C4CC4)no3)c2c1. The summed E-state index contributed by atoms with van der Waals surface area (Å²) in [5.41, 5.74) is 3.14. The standard InChI is InChI=1S/C23H20ClN3O3/c1-12-19(17-11-16(29-2)9-10-18(17)25-12)20(21(28)13-5-7-15(24)8-6-13)23-26-22(27-30-23)14-3-4-14/h5-11,14,20,25H,3-4H2,1-2H3. The lowest BCUT2D eigenvalue weighted by Gasteiger charge is -2.13. The van der Waals surface area contributed by atoms with E-state index in [1.807, 2.05) is 25.1 Å². The van der Waals surface area contributed by atoms with Crippen LogP contribution in [0, 0.1) is 6.92 Å². The molecule has 4 aromatic rings. The van der Waals surface area contributed by atoms with E-state index < -0.39 is 5.92 Å². The van der Waals surface area contributed by atoms with Crippen molar-refractivity contribution in [1.82, 2.24) is 15.1 Å². The van der Waals surface area contributed by atoms with Gasteiger partial charge in [0.15, 0.2) is 11.6 Å². The summed E-state index contributed by atoms with van der Waals surface area (Å²) in [6.07, 6.45) is 2.11. The molecule has 1 unspecified atom stereocenters. The molecule has 1 N–H and O–H groups in total. The Labute approximate surface area is 178 Å². The predicted molar refractivity (Wildman–Crippen MR) is 113 cm³/mol. The quantitative estimate of drug-likeness (QED) is 0.421. The minimum atomic E-state index is -0.730. The van der Waals surface area contributed by atoms with Gasteiger partial charge in [-0.05, 0) is 62.2 Å². The molecule has 1 saturated carbocycles. The highest BCUT2D eigenvalue weighted by molar-refractivity contribution is 6.30. The molecule has 7 heteroatoms. The van der Waals surface area contributed by atoms with E-state index in [9.17, 15) is 4.79 Å². The van der Waals surface area contributed by atoms with Gasteiger partial charge in [-0.2, -0.15) is 4.98 Å². The molecule has 1 aliphatic rings. The van der Waals surface area contributed by atoms with Gasteiger partial charge in [0.2, 0.25) is 5.89 Å². The van der Waals surface area contributed by atoms with Gasteiger partial charge >= 0.3 is 0 Å². The second-order valence-electron chi connectivity index (χ2n) is 7.64. The lowest BCUT2D eigenvalue weighted by molar-refractivity contribution is 0.0961. The number of fused-ring (bicyclic) bond motifs is 1. The van der Waals surface area contributed by atoms with Gasteiger partial charge in [-0.25, -0.2) is 0 Å². The van der Waals surface area contributed by atoms with Gasteiger partial charge in [0.25, 0.3) is 0 Å². The number of nitrogens with zero attached hydrogens (tertiary/aromatic N) is 2.